The van der Waals surface area contributed by atoms with Crippen LogP contribution < -0.4 is 10.6 Å². The van der Waals surface area contributed by atoms with Gasteiger partial charge in [-0.1, -0.05) is 0 Å². The molecule has 1 aromatic rings. The summed E-state index contributed by atoms with van der Waals surface area (Å²) in [6.45, 7) is 0.255. The van der Waals surface area contributed by atoms with Crippen molar-refractivity contribution in [1.29, 1.82) is 0 Å². The third-order valence-corrected chi connectivity index (χ3v) is 2.90. The second-order valence-corrected chi connectivity index (χ2v) is 4.11. The van der Waals surface area contributed by atoms with Crippen molar-refractivity contribution in [2.75, 3.05) is 11.4 Å². The van der Waals surface area contributed by atoms with Crippen LogP contribution in [0.3, 0.4) is 0 Å². The number of alkyl halides is 2. The van der Waals surface area contributed by atoms with Crippen molar-refractivity contribution in [2.45, 2.75) is 31.9 Å². The largest absolute Gasteiger partial charge is 0.325 e. The van der Waals surface area contributed by atoms with E-state index in [-0.39, 0.29) is 25.2 Å². The Bertz CT molecular complexity index is 409. The molecule has 0 atom stereocenters. The molecule has 0 saturated carbocycles. The zero-order chi connectivity index (χ0) is 12.5. The Morgan fingerprint density at radius 2 is 2.18 bits per heavy atom. The fourth-order valence-corrected chi connectivity index (χ4v) is 1.99. The van der Waals surface area contributed by atoms with Gasteiger partial charge in [0.25, 0.3) is 0 Å². The Morgan fingerprint density at radius 3 is 2.82 bits per heavy atom. The minimum Gasteiger partial charge on any atom is -0.325 e. The lowest BCUT2D eigenvalue weighted by Crippen LogP contribution is -2.46. The molecule has 3 nitrogen and oxygen atoms in total. The van der Waals surface area contributed by atoms with E-state index in [1.54, 1.807) is 0 Å². The lowest BCUT2D eigenvalue weighted by atomic mass is 10.1. The number of anilines is 1. The number of nitrogens with zero attached hydrogens (tertiary/aromatic N) is 2. The Hall–Kier alpha value is -1.30. The second kappa shape index (κ2) is 4.52. The predicted octanol–water partition coefficient (Wildman–Crippen LogP) is 2.26. The van der Waals surface area contributed by atoms with Gasteiger partial charge in [0.05, 0.1) is 17.6 Å². The smallest absolute Gasteiger partial charge is 0.325 e. The summed E-state index contributed by atoms with van der Waals surface area (Å²) in [6.07, 6.45) is 1.80. The first-order valence-electron chi connectivity index (χ1n) is 5.54. The maximum atomic E-state index is 13.7. The highest BCUT2D eigenvalue weighted by molar-refractivity contribution is 5.49. The fraction of sp³-hybridized carbons (Fsp3) is 0.545. The topological polar surface area (TPSA) is 42.1 Å². The summed E-state index contributed by atoms with van der Waals surface area (Å²) >= 11 is 0. The first-order valence-corrected chi connectivity index (χ1v) is 5.54. The number of piperidine rings is 1. The van der Waals surface area contributed by atoms with Crippen molar-refractivity contribution in [3.8, 4) is 0 Å². The van der Waals surface area contributed by atoms with E-state index >= 15 is 0 Å². The molecule has 0 aliphatic carbocycles. The van der Waals surface area contributed by atoms with Gasteiger partial charge in [-0.15, -0.1) is 0 Å². The third-order valence-electron chi connectivity index (χ3n) is 2.90. The molecule has 2 heterocycles. The molecule has 0 bridgehead atoms. The van der Waals surface area contributed by atoms with Gasteiger partial charge in [-0.05, 0) is 18.9 Å². The van der Waals surface area contributed by atoms with Gasteiger partial charge in [-0.3, -0.25) is 4.98 Å². The van der Waals surface area contributed by atoms with Crippen molar-refractivity contribution in [3.05, 3.63) is 23.8 Å². The van der Waals surface area contributed by atoms with Crippen LogP contribution >= 0.6 is 0 Å². The minimum atomic E-state index is -2.99. The van der Waals surface area contributed by atoms with E-state index in [1.807, 2.05) is 0 Å². The molecule has 0 radical (unpaired) electrons. The van der Waals surface area contributed by atoms with Gasteiger partial charge in [-0.2, -0.15) is 8.78 Å². The van der Waals surface area contributed by atoms with Crippen LogP contribution in [0.4, 0.5) is 18.9 Å². The van der Waals surface area contributed by atoms with Gasteiger partial charge in [-0.25, -0.2) is 4.39 Å². The van der Waals surface area contributed by atoms with Gasteiger partial charge in [0.1, 0.15) is 0 Å². The second-order valence-electron chi connectivity index (χ2n) is 4.11. The Labute approximate surface area is 97.4 Å². The average molecular weight is 245 g/mol. The molecular weight excluding hydrogens is 231 g/mol. The number of nitrogens with two attached hydrogens (primary N) is 1. The quantitative estimate of drug-likeness (QED) is 0.813. The van der Waals surface area contributed by atoms with E-state index in [9.17, 15) is 13.2 Å². The summed E-state index contributed by atoms with van der Waals surface area (Å²) in [5.74, 6) is -0.733. The van der Waals surface area contributed by atoms with E-state index in [1.165, 1.54) is 6.07 Å². The van der Waals surface area contributed by atoms with Gasteiger partial charge in [0.15, 0.2) is 5.82 Å². The molecule has 94 valence electrons. The number of halogens is 3. The van der Waals surface area contributed by atoms with Crippen LogP contribution in [-0.2, 0) is 6.54 Å². The van der Waals surface area contributed by atoms with Crippen LogP contribution in [-0.4, -0.2) is 17.6 Å². The van der Waals surface area contributed by atoms with E-state index in [0.29, 0.717) is 18.5 Å². The third kappa shape index (κ3) is 2.36. The predicted molar refractivity (Wildman–Crippen MR) is 58.2 cm³/mol. The number of hydrogen-bond donors (Lipinski definition) is 1. The highest BCUT2D eigenvalue weighted by Gasteiger charge is 2.40. The van der Waals surface area contributed by atoms with E-state index in [0.717, 1.165) is 11.1 Å². The molecule has 1 fully saturated rings. The molecule has 0 unspecified atom stereocenters. The van der Waals surface area contributed by atoms with Crippen LogP contribution in [0.5, 0.6) is 0 Å². The summed E-state index contributed by atoms with van der Waals surface area (Å²) in [7, 11) is 0. The molecule has 2 rings (SSSR count). The van der Waals surface area contributed by atoms with Gasteiger partial charge in [0, 0.05) is 19.5 Å². The van der Waals surface area contributed by atoms with Gasteiger partial charge in [0.2, 0.25) is 0 Å². The number of hydrogen-bond acceptors (Lipinski definition) is 3. The number of aromatic nitrogens is 1. The summed E-state index contributed by atoms with van der Waals surface area (Å²) in [6, 6.07) is -1.69. The molecular formula is C11H14F3N3. The Kier molecular flexibility index (Phi) is 3.24. The summed E-state index contributed by atoms with van der Waals surface area (Å²) in [5.41, 5.74) is 5.67. The highest BCUT2D eigenvalue weighted by atomic mass is 19.3. The van der Waals surface area contributed by atoms with Crippen molar-refractivity contribution in [3.63, 3.8) is 0 Å². The van der Waals surface area contributed by atoms with E-state index < -0.39 is 11.9 Å². The fourth-order valence-electron chi connectivity index (χ4n) is 1.99. The summed E-state index contributed by atoms with van der Waals surface area (Å²) < 4.78 is 40.9. The molecule has 1 aliphatic heterocycles. The first-order chi connectivity index (χ1) is 8.04. The van der Waals surface area contributed by atoms with E-state index in [4.69, 9.17) is 5.73 Å². The maximum absolute atomic E-state index is 13.7. The zero-order valence-corrected chi connectivity index (χ0v) is 9.30. The minimum absolute atomic E-state index is 0.104. The normalized spacial score (nSPS) is 19.4. The monoisotopic (exact) mass is 245 g/mol. The molecule has 0 spiro atoms. The molecule has 0 aromatic carbocycles. The molecule has 17 heavy (non-hydrogen) atoms. The number of rotatable bonds is 2. The van der Waals surface area contributed by atoms with Gasteiger partial charge >= 0.3 is 6.05 Å². The van der Waals surface area contributed by atoms with Gasteiger partial charge < -0.3 is 10.6 Å². The zero-order valence-electron chi connectivity index (χ0n) is 9.30. The molecule has 1 saturated heterocycles. The first kappa shape index (κ1) is 12.2. The molecule has 6 heteroatoms. The Morgan fingerprint density at radius 1 is 1.41 bits per heavy atom. The Balaban J connectivity index is 2.37. The molecule has 0 amide bonds. The van der Waals surface area contributed by atoms with Crippen LogP contribution in [0, 0.1) is 5.82 Å². The molecule has 1 aromatic heterocycles. The average Bonchev–Trinajstić information content (AvgIpc) is 2.30. The standard InChI is InChI=1S/C11H14F3N3/c12-9-7-16-8(6-15)5-10(9)17-4-2-1-3-11(17,13)14/h5,7H,1-4,6,15H2. The molecule has 2 N–H and O–H groups in total. The van der Waals surface area contributed by atoms with Crippen LogP contribution in [0.2, 0.25) is 0 Å². The molecule has 1 aliphatic rings. The highest BCUT2D eigenvalue weighted by Crippen LogP contribution is 2.36. The summed E-state index contributed by atoms with van der Waals surface area (Å²) in [5, 5.41) is 0. The summed E-state index contributed by atoms with van der Waals surface area (Å²) in [4.78, 5) is 4.54. The van der Waals surface area contributed by atoms with Crippen molar-refractivity contribution < 1.29 is 13.2 Å². The van der Waals surface area contributed by atoms with Crippen molar-refractivity contribution in [2.24, 2.45) is 5.73 Å². The van der Waals surface area contributed by atoms with Crippen molar-refractivity contribution in [1.82, 2.24) is 4.98 Å². The lowest BCUT2D eigenvalue weighted by molar-refractivity contribution is -0.0254. The van der Waals surface area contributed by atoms with E-state index in [2.05, 4.69) is 4.98 Å². The van der Waals surface area contributed by atoms with Crippen LogP contribution in [0.25, 0.3) is 0 Å². The maximum Gasteiger partial charge on any atom is 0.325 e. The van der Waals surface area contributed by atoms with Crippen LogP contribution in [0.1, 0.15) is 25.0 Å². The van der Waals surface area contributed by atoms with Crippen LogP contribution in [0.15, 0.2) is 12.3 Å². The van der Waals surface area contributed by atoms with Crippen molar-refractivity contribution >= 4 is 5.69 Å². The lowest BCUT2D eigenvalue weighted by Gasteiger charge is -2.37. The number of pyridine rings is 1. The SMILES string of the molecule is NCc1cc(N2CCCCC2(F)F)c(F)cn1.